The third-order valence-electron chi connectivity index (χ3n) is 5.31. The minimum Gasteiger partial charge on any atom is -0.493 e. The SMILES string of the molecule is COc1cc([C@@H]2NC(=O)c3c(sc4c3CC[C@@H](C)C4)N2)cc(OC)c1OC. The number of anilines is 1. The molecule has 0 bridgehead atoms. The van der Waals surface area contributed by atoms with Crippen molar-refractivity contribution < 1.29 is 19.0 Å². The molecule has 2 atom stereocenters. The van der Waals surface area contributed by atoms with Gasteiger partial charge in [0.1, 0.15) is 11.2 Å². The van der Waals surface area contributed by atoms with E-state index in [-0.39, 0.29) is 12.1 Å². The molecule has 6 nitrogen and oxygen atoms in total. The summed E-state index contributed by atoms with van der Waals surface area (Å²) >= 11 is 1.71. The lowest BCUT2D eigenvalue weighted by molar-refractivity contribution is 0.0935. The van der Waals surface area contributed by atoms with Crippen LogP contribution in [0.1, 0.15) is 45.9 Å². The van der Waals surface area contributed by atoms with Gasteiger partial charge in [-0.25, -0.2) is 0 Å². The van der Waals surface area contributed by atoms with Gasteiger partial charge in [0.15, 0.2) is 11.5 Å². The van der Waals surface area contributed by atoms with Crippen molar-refractivity contribution in [2.45, 2.75) is 32.4 Å². The van der Waals surface area contributed by atoms with Crippen LogP contribution in [0.2, 0.25) is 0 Å². The van der Waals surface area contributed by atoms with Gasteiger partial charge in [0.2, 0.25) is 5.75 Å². The molecule has 1 aromatic heterocycles. The van der Waals surface area contributed by atoms with E-state index in [2.05, 4.69) is 17.6 Å². The van der Waals surface area contributed by atoms with E-state index in [4.69, 9.17) is 14.2 Å². The second kappa shape index (κ2) is 6.96. The molecule has 1 aliphatic carbocycles. The summed E-state index contributed by atoms with van der Waals surface area (Å²) in [5, 5.41) is 7.53. The molecule has 0 saturated carbocycles. The summed E-state index contributed by atoms with van der Waals surface area (Å²) in [5.74, 6) is 2.31. The number of hydrogen-bond acceptors (Lipinski definition) is 6. The number of thiophene rings is 1. The number of carbonyl (C=O) groups excluding carboxylic acids is 1. The Morgan fingerprint density at radius 1 is 1.07 bits per heavy atom. The number of carbonyl (C=O) groups is 1. The molecule has 2 heterocycles. The van der Waals surface area contributed by atoms with Gasteiger partial charge in [-0.3, -0.25) is 4.79 Å². The Morgan fingerprint density at radius 2 is 1.78 bits per heavy atom. The summed E-state index contributed by atoms with van der Waals surface area (Å²) in [6, 6.07) is 3.72. The van der Waals surface area contributed by atoms with E-state index in [1.807, 2.05) is 12.1 Å². The Bertz CT molecular complexity index is 867. The number of nitrogens with one attached hydrogen (secondary N) is 2. The van der Waals surface area contributed by atoms with Crippen molar-refractivity contribution in [3.63, 3.8) is 0 Å². The number of methoxy groups -OCH3 is 3. The topological polar surface area (TPSA) is 68.8 Å². The molecule has 27 heavy (non-hydrogen) atoms. The molecule has 144 valence electrons. The van der Waals surface area contributed by atoms with Gasteiger partial charge in [-0.05, 0) is 42.9 Å². The number of amides is 1. The Kier molecular flexibility index (Phi) is 4.63. The molecule has 0 fully saturated rings. The Balaban J connectivity index is 1.71. The lowest BCUT2D eigenvalue weighted by Gasteiger charge is -2.28. The maximum absolute atomic E-state index is 12.9. The molecule has 4 rings (SSSR count). The minimum atomic E-state index is -0.351. The summed E-state index contributed by atoms with van der Waals surface area (Å²) in [6.45, 7) is 2.27. The van der Waals surface area contributed by atoms with E-state index in [0.29, 0.717) is 23.2 Å². The highest BCUT2D eigenvalue weighted by molar-refractivity contribution is 7.16. The van der Waals surface area contributed by atoms with Crippen LogP contribution in [0.25, 0.3) is 0 Å². The highest BCUT2D eigenvalue weighted by Crippen LogP contribution is 2.44. The van der Waals surface area contributed by atoms with Gasteiger partial charge in [0, 0.05) is 10.4 Å². The number of ether oxygens (including phenoxy) is 3. The van der Waals surface area contributed by atoms with E-state index >= 15 is 0 Å². The number of rotatable bonds is 4. The molecular weight excluding hydrogens is 364 g/mol. The first kappa shape index (κ1) is 18.0. The van der Waals surface area contributed by atoms with Crippen LogP contribution in [-0.4, -0.2) is 27.2 Å². The van der Waals surface area contributed by atoms with Gasteiger partial charge in [-0.15, -0.1) is 11.3 Å². The Labute approximate surface area is 162 Å². The van der Waals surface area contributed by atoms with Crippen molar-refractivity contribution in [2.75, 3.05) is 26.6 Å². The zero-order chi connectivity index (χ0) is 19.1. The zero-order valence-electron chi connectivity index (χ0n) is 16.0. The van der Waals surface area contributed by atoms with Crippen LogP contribution in [0.15, 0.2) is 12.1 Å². The summed E-state index contributed by atoms with van der Waals surface area (Å²) in [6.07, 6.45) is 2.82. The first-order valence-corrected chi connectivity index (χ1v) is 9.89. The summed E-state index contributed by atoms with van der Waals surface area (Å²) in [5.41, 5.74) is 2.90. The van der Waals surface area contributed by atoms with Crippen LogP contribution in [-0.2, 0) is 12.8 Å². The lowest BCUT2D eigenvalue weighted by Crippen LogP contribution is -2.38. The van der Waals surface area contributed by atoms with Gasteiger partial charge < -0.3 is 24.8 Å². The average molecular weight is 388 g/mol. The van der Waals surface area contributed by atoms with Crippen molar-refractivity contribution in [1.29, 1.82) is 0 Å². The number of fused-ring (bicyclic) bond motifs is 3. The van der Waals surface area contributed by atoms with Crippen LogP contribution in [0, 0.1) is 5.92 Å². The fraction of sp³-hybridized carbons (Fsp3) is 0.450. The van der Waals surface area contributed by atoms with Crippen molar-refractivity contribution >= 4 is 22.2 Å². The highest BCUT2D eigenvalue weighted by Gasteiger charge is 2.33. The van der Waals surface area contributed by atoms with E-state index in [0.717, 1.165) is 35.4 Å². The molecule has 0 spiro atoms. The molecule has 2 aromatic rings. The van der Waals surface area contributed by atoms with Crippen LogP contribution in [0.3, 0.4) is 0 Å². The predicted octanol–water partition coefficient (Wildman–Crippen LogP) is 3.75. The lowest BCUT2D eigenvalue weighted by atomic mass is 9.88. The van der Waals surface area contributed by atoms with E-state index in [9.17, 15) is 4.79 Å². The fourth-order valence-corrected chi connectivity index (χ4v) is 5.33. The molecular formula is C20H24N2O4S. The molecule has 1 amide bonds. The molecule has 7 heteroatoms. The minimum absolute atomic E-state index is 0.0189. The van der Waals surface area contributed by atoms with Crippen LogP contribution in [0.5, 0.6) is 17.2 Å². The maximum Gasteiger partial charge on any atom is 0.256 e. The van der Waals surface area contributed by atoms with E-state index < -0.39 is 0 Å². The molecule has 1 aromatic carbocycles. The van der Waals surface area contributed by atoms with Crippen molar-refractivity contribution in [3.05, 3.63) is 33.7 Å². The van der Waals surface area contributed by atoms with Crippen LogP contribution < -0.4 is 24.8 Å². The first-order valence-electron chi connectivity index (χ1n) is 9.07. The monoisotopic (exact) mass is 388 g/mol. The van der Waals surface area contributed by atoms with E-state index in [1.54, 1.807) is 32.7 Å². The quantitative estimate of drug-likeness (QED) is 0.835. The Morgan fingerprint density at radius 3 is 2.41 bits per heavy atom. The van der Waals surface area contributed by atoms with Crippen molar-refractivity contribution in [1.82, 2.24) is 5.32 Å². The van der Waals surface area contributed by atoms with Gasteiger partial charge in [-0.1, -0.05) is 6.92 Å². The second-order valence-corrected chi connectivity index (χ2v) is 8.17. The van der Waals surface area contributed by atoms with Gasteiger partial charge >= 0.3 is 0 Å². The number of benzene rings is 1. The standard InChI is InChI=1S/C20H24N2O4S/c1-10-5-6-12-15(7-10)27-20-16(12)19(23)21-18(22-20)11-8-13(24-2)17(26-4)14(9-11)25-3/h8-10,18,22H,5-7H2,1-4H3,(H,21,23)/t10-,18-/m1/s1. The molecule has 0 unspecified atom stereocenters. The first-order chi connectivity index (χ1) is 13.0. The molecule has 0 saturated heterocycles. The van der Waals surface area contributed by atoms with E-state index in [1.165, 1.54) is 10.4 Å². The maximum atomic E-state index is 12.9. The number of hydrogen-bond donors (Lipinski definition) is 2. The third-order valence-corrected chi connectivity index (χ3v) is 6.50. The molecule has 0 radical (unpaired) electrons. The van der Waals surface area contributed by atoms with Crippen LogP contribution >= 0.6 is 11.3 Å². The van der Waals surface area contributed by atoms with Gasteiger partial charge in [0.05, 0.1) is 26.9 Å². The summed E-state index contributed by atoms with van der Waals surface area (Å²) in [7, 11) is 4.74. The third kappa shape index (κ3) is 3.00. The Hall–Kier alpha value is -2.41. The largest absolute Gasteiger partial charge is 0.493 e. The molecule has 2 N–H and O–H groups in total. The molecule has 2 aliphatic rings. The van der Waals surface area contributed by atoms with Gasteiger partial charge in [-0.2, -0.15) is 0 Å². The summed E-state index contributed by atoms with van der Waals surface area (Å²) < 4.78 is 16.3. The fourth-order valence-electron chi connectivity index (χ4n) is 3.90. The second-order valence-electron chi connectivity index (χ2n) is 7.07. The zero-order valence-corrected chi connectivity index (χ0v) is 16.8. The van der Waals surface area contributed by atoms with Crippen LogP contribution in [0.4, 0.5) is 5.00 Å². The molecule has 1 aliphatic heterocycles. The van der Waals surface area contributed by atoms with Gasteiger partial charge in [0.25, 0.3) is 5.91 Å². The van der Waals surface area contributed by atoms with Crippen molar-refractivity contribution in [3.8, 4) is 17.2 Å². The predicted molar refractivity (Wildman–Crippen MR) is 105 cm³/mol. The van der Waals surface area contributed by atoms with Crippen molar-refractivity contribution in [2.24, 2.45) is 5.92 Å². The smallest absolute Gasteiger partial charge is 0.256 e. The normalized spacial score (nSPS) is 20.8. The average Bonchev–Trinajstić information content (AvgIpc) is 3.04. The summed E-state index contributed by atoms with van der Waals surface area (Å²) in [4.78, 5) is 14.2. The highest BCUT2D eigenvalue weighted by atomic mass is 32.1.